The lowest BCUT2D eigenvalue weighted by molar-refractivity contribution is 0.625. The van der Waals surface area contributed by atoms with Crippen LogP contribution in [0.2, 0.25) is 0 Å². The zero-order valence-corrected chi connectivity index (χ0v) is 12.8. The van der Waals surface area contributed by atoms with E-state index in [0.717, 1.165) is 10.7 Å². The molecule has 1 heterocycles. The molecule has 0 amide bonds. The summed E-state index contributed by atoms with van der Waals surface area (Å²) < 4.78 is 15.4. The first-order valence-corrected chi connectivity index (χ1v) is 8.47. The monoisotopic (exact) mass is 303 g/mol. The van der Waals surface area contributed by atoms with Crippen LogP contribution < -0.4 is 0 Å². The van der Waals surface area contributed by atoms with E-state index in [4.69, 9.17) is 0 Å². The number of thioether (sulfide) groups is 1. The first-order valence-electron chi connectivity index (χ1n) is 7.59. The maximum absolute atomic E-state index is 13.0. The van der Waals surface area contributed by atoms with Gasteiger partial charge in [-0.15, -0.1) is 10.2 Å². The summed E-state index contributed by atoms with van der Waals surface area (Å²) in [5.74, 6) is 1.63. The van der Waals surface area contributed by atoms with Crippen molar-refractivity contribution in [2.24, 2.45) is 0 Å². The van der Waals surface area contributed by atoms with Crippen molar-refractivity contribution in [2.75, 3.05) is 0 Å². The van der Waals surface area contributed by atoms with Crippen LogP contribution in [-0.4, -0.2) is 14.8 Å². The van der Waals surface area contributed by atoms with Gasteiger partial charge in [0.1, 0.15) is 11.6 Å². The molecule has 0 saturated heterocycles. The SMILES string of the molecule is CC(Sc1nnc(C2CC2)n1C1CC1)c1ccc(F)cc1. The van der Waals surface area contributed by atoms with Gasteiger partial charge in [-0.25, -0.2) is 4.39 Å². The standard InChI is InChI=1S/C16H18FN3S/c1-10(11-4-6-13(17)7-5-11)21-16-19-18-15(12-2-3-12)20(16)14-8-9-14/h4-7,10,12,14H,2-3,8-9H2,1H3. The molecule has 0 bridgehead atoms. The molecule has 0 spiro atoms. The molecule has 2 aromatic rings. The number of halogens is 1. The number of rotatable bonds is 5. The summed E-state index contributed by atoms with van der Waals surface area (Å²) in [6.07, 6.45) is 5.00. The molecule has 21 heavy (non-hydrogen) atoms. The summed E-state index contributed by atoms with van der Waals surface area (Å²) in [4.78, 5) is 0. The summed E-state index contributed by atoms with van der Waals surface area (Å²) in [5.41, 5.74) is 1.12. The van der Waals surface area contributed by atoms with Crippen molar-refractivity contribution >= 4 is 11.8 Å². The molecule has 2 fully saturated rings. The number of nitrogens with zero attached hydrogens (tertiary/aromatic N) is 3. The van der Waals surface area contributed by atoms with Gasteiger partial charge in [-0.1, -0.05) is 23.9 Å². The van der Waals surface area contributed by atoms with Crippen LogP contribution in [-0.2, 0) is 0 Å². The minimum atomic E-state index is -0.187. The Morgan fingerprint density at radius 1 is 1.14 bits per heavy atom. The predicted molar refractivity (Wildman–Crippen MR) is 80.9 cm³/mol. The molecule has 4 rings (SSSR count). The van der Waals surface area contributed by atoms with Gasteiger partial charge in [0.2, 0.25) is 0 Å². The Balaban J connectivity index is 1.57. The topological polar surface area (TPSA) is 30.7 Å². The minimum Gasteiger partial charge on any atom is -0.303 e. The van der Waals surface area contributed by atoms with Crippen molar-refractivity contribution in [3.63, 3.8) is 0 Å². The third-order valence-electron chi connectivity index (χ3n) is 4.17. The van der Waals surface area contributed by atoms with Gasteiger partial charge >= 0.3 is 0 Å². The van der Waals surface area contributed by atoms with Crippen molar-refractivity contribution in [2.45, 2.75) is 55.0 Å². The fraction of sp³-hybridized carbons (Fsp3) is 0.500. The lowest BCUT2D eigenvalue weighted by Gasteiger charge is -2.13. The van der Waals surface area contributed by atoms with Crippen molar-refractivity contribution in [3.8, 4) is 0 Å². The van der Waals surface area contributed by atoms with Gasteiger partial charge in [0.25, 0.3) is 0 Å². The lowest BCUT2D eigenvalue weighted by Crippen LogP contribution is -2.02. The Bertz CT molecular complexity index is 644. The van der Waals surface area contributed by atoms with Crippen molar-refractivity contribution in [1.29, 1.82) is 0 Å². The zero-order valence-electron chi connectivity index (χ0n) is 12.0. The molecule has 2 saturated carbocycles. The van der Waals surface area contributed by atoms with Crippen LogP contribution in [0, 0.1) is 5.82 Å². The molecule has 1 atom stereocenters. The molecule has 0 aliphatic heterocycles. The van der Waals surface area contributed by atoms with Gasteiger partial charge in [-0.2, -0.15) is 0 Å². The molecule has 3 nitrogen and oxygen atoms in total. The van der Waals surface area contributed by atoms with Crippen molar-refractivity contribution in [1.82, 2.24) is 14.8 Å². The quantitative estimate of drug-likeness (QED) is 0.763. The van der Waals surface area contributed by atoms with E-state index in [1.807, 2.05) is 12.1 Å². The third kappa shape index (κ3) is 2.71. The van der Waals surface area contributed by atoms with E-state index in [2.05, 4.69) is 21.7 Å². The Hall–Kier alpha value is -1.36. The van der Waals surface area contributed by atoms with E-state index in [9.17, 15) is 4.39 Å². The second kappa shape index (κ2) is 5.13. The first kappa shape index (κ1) is 13.3. The molecule has 1 aromatic heterocycles. The summed E-state index contributed by atoms with van der Waals surface area (Å²) in [7, 11) is 0. The van der Waals surface area contributed by atoms with E-state index in [0.29, 0.717) is 12.0 Å². The molecule has 1 unspecified atom stereocenters. The van der Waals surface area contributed by atoms with E-state index in [1.165, 1.54) is 43.6 Å². The molecule has 110 valence electrons. The lowest BCUT2D eigenvalue weighted by atomic mass is 10.2. The van der Waals surface area contributed by atoms with Gasteiger partial charge in [0.05, 0.1) is 0 Å². The van der Waals surface area contributed by atoms with Crippen LogP contribution >= 0.6 is 11.8 Å². The molecule has 0 N–H and O–H groups in total. The molecular formula is C16H18FN3S. The van der Waals surface area contributed by atoms with Gasteiger partial charge in [-0.3, -0.25) is 0 Å². The average molecular weight is 303 g/mol. The zero-order chi connectivity index (χ0) is 14.4. The second-order valence-electron chi connectivity index (χ2n) is 6.03. The Labute approximate surface area is 128 Å². The van der Waals surface area contributed by atoms with Crippen LogP contribution in [0.5, 0.6) is 0 Å². The number of hydrogen-bond donors (Lipinski definition) is 0. The summed E-state index contributed by atoms with van der Waals surface area (Å²) in [6, 6.07) is 7.36. The largest absolute Gasteiger partial charge is 0.303 e. The Morgan fingerprint density at radius 3 is 2.48 bits per heavy atom. The van der Waals surface area contributed by atoms with Crippen LogP contribution in [0.1, 0.15) is 61.2 Å². The third-order valence-corrected chi connectivity index (χ3v) is 5.28. The molecular weight excluding hydrogens is 285 g/mol. The summed E-state index contributed by atoms with van der Waals surface area (Å²) >= 11 is 1.73. The van der Waals surface area contributed by atoms with E-state index in [-0.39, 0.29) is 11.1 Å². The van der Waals surface area contributed by atoms with Crippen LogP contribution in [0.15, 0.2) is 29.4 Å². The Kier molecular flexibility index (Phi) is 3.25. The minimum absolute atomic E-state index is 0.187. The Morgan fingerprint density at radius 2 is 1.86 bits per heavy atom. The van der Waals surface area contributed by atoms with Crippen LogP contribution in [0.3, 0.4) is 0 Å². The van der Waals surface area contributed by atoms with E-state index >= 15 is 0 Å². The highest BCUT2D eigenvalue weighted by Crippen LogP contribution is 2.47. The molecule has 2 aliphatic rings. The van der Waals surface area contributed by atoms with E-state index < -0.39 is 0 Å². The second-order valence-corrected chi connectivity index (χ2v) is 7.34. The first-order chi connectivity index (χ1) is 10.2. The van der Waals surface area contributed by atoms with Crippen molar-refractivity contribution < 1.29 is 4.39 Å². The predicted octanol–water partition coefficient (Wildman–Crippen LogP) is 4.48. The fourth-order valence-electron chi connectivity index (χ4n) is 2.62. The highest BCUT2D eigenvalue weighted by Gasteiger charge is 2.36. The maximum Gasteiger partial charge on any atom is 0.192 e. The normalized spacial score (nSPS) is 19.7. The summed E-state index contributed by atoms with van der Waals surface area (Å²) in [5, 5.41) is 10.1. The van der Waals surface area contributed by atoms with Crippen molar-refractivity contribution in [3.05, 3.63) is 41.5 Å². The van der Waals surface area contributed by atoms with E-state index in [1.54, 1.807) is 11.8 Å². The number of hydrogen-bond acceptors (Lipinski definition) is 3. The molecule has 2 aliphatic carbocycles. The number of aromatic nitrogens is 3. The molecule has 0 radical (unpaired) electrons. The van der Waals surface area contributed by atoms with Gasteiger partial charge in [0.15, 0.2) is 5.16 Å². The summed E-state index contributed by atoms with van der Waals surface area (Å²) in [6.45, 7) is 2.14. The van der Waals surface area contributed by atoms with Gasteiger partial charge < -0.3 is 4.57 Å². The van der Waals surface area contributed by atoms with Gasteiger partial charge in [-0.05, 0) is 50.3 Å². The molecule has 1 aromatic carbocycles. The smallest absolute Gasteiger partial charge is 0.192 e. The fourth-order valence-corrected chi connectivity index (χ4v) is 3.68. The molecule has 5 heteroatoms. The average Bonchev–Trinajstić information content (AvgIpc) is 3.39. The maximum atomic E-state index is 13.0. The highest BCUT2D eigenvalue weighted by atomic mass is 32.2. The van der Waals surface area contributed by atoms with Gasteiger partial charge in [0, 0.05) is 17.2 Å². The van der Waals surface area contributed by atoms with Crippen LogP contribution in [0.4, 0.5) is 4.39 Å². The van der Waals surface area contributed by atoms with Crippen LogP contribution in [0.25, 0.3) is 0 Å². The number of benzene rings is 1. The highest BCUT2D eigenvalue weighted by molar-refractivity contribution is 7.99.